The van der Waals surface area contributed by atoms with Crippen LogP contribution < -0.4 is 0 Å². The Balaban J connectivity index is 2.58. The predicted molar refractivity (Wildman–Crippen MR) is 62.9 cm³/mol. The first-order valence-electron chi connectivity index (χ1n) is 5.17. The molecule has 0 aliphatic carbocycles. The minimum absolute atomic E-state index is 0.313. The molecule has 2 rings (SSSR count). The van der Waals surface area contributed by atoms with Gasteiger partial charge in [-0.15, -0.1) is 11.3 Å². The zero-order chi connectivity index (χ0) is 14.4. The fourth-order valence-electron chi connectivity index (χ4n) is 1.53. The van der Waals surface area contributed by atoms with Crippen molar-refractivity contribution in [2.45, 2.75) is 20.0 Å². The molecule has 4 nitrogen and oxygen atoms in total. The fourth-order valence-corrected chi connectivity index (χ4v) is 2.39. The SMILES string of the molecule is Cc1nc(-n2cc(C(=O)O)c(C(F)(F)F)c2)sc1C. The van der Waals surface area contributed by atoms with Crippen molar-refractivity contribution in [1.29, 1.82) is 0 Å². The molecule has 0 saturated heterocycles. The van der Waals surface area contributed by atoms with E-state index in [-0.39, 0.29) is 0 Å². The second-order valence-electron chi connectivity index (χ2n) is 3.93. The van der Waals surface area contributed by atoms with Gasteiger partial charge < -0.3 is 5.11 Å². The molecule has 0 spiro atoms. The van der Waals surface area contributed by atoms with E-state index >= 15 is 0 Å². The summed E-state index contributed by atoms with van der Waals surface area (Å²) in [7, 11) is 0. The maximum atomic E-state index is 12.7. The van der Waals surface area contributed by atoms with E-state index in [0.29, 0.717) is 10.8 Å². The molecule has 0 aliphatic rings. The Morgan fingerprint density at radius 3 is 2.37 bits per heavy atom. The largest absolute Gasteiger partial charge is 0.478 e. The molecule has 0 saturated carbocycles. The van der Waals surface area contributed by atoms with Crippen molar-refractivity contribution < 1.29 is 23.1 Å². The number of thiazole rings is 1. The zero-order valence-corrected chi connectivity index (χ0v) is 10.8. The maximum absolute atomic E-state index is 12.7. The van der Waals surface area contributed by atoms with Gasteiger partial charge in [0.1, 0.15) is 0 Å². The zero-order valence-electron chi connectivity index (χ0n) is 9.95. The van der Waals surface area contributed by atoms with Crippen LogP contribution in [0.3, 0.4) is 0 Å². The van der Waals surface area contributed by atoms with Crippen LogP contribution >= 0.6 is 11.3 Å². The van der Waals surface area contributed by atoms with Gasteiger partial charge in [-0.3, -0.25) is 4.57 Å². The third kappa shape index (κ3) is 2.48. The first kappa shape index (κ1) is 13.6. The van der Waals surface area contributed by atoms with Gasteiger partial charge in [0, 0.05) is 17.3 Å². The molecule has 102 valence electrons. The summed E-state index contributed by atoms with van der Waals surface area (Å²) in [5, 5.41) is 9.13. The molecule has 0 amide bonds. The lowest BCUT2D eigenvalue weighted by Gasteiger charge is -2.03. The van der Waals surface area contributed by atoms with Crippen LogP contribution in [0, 0.1) is 13.8 Å². The Kier molecular flexibility index (Phi) is 3.13. The molecule has 0 radical (unpaired) electrons. The molecule has 19 heavy (non-hydrogen) atoms. The van der Waals surface area contributed by atoms with Crippen molar-refractivity contribution in [3.8, 4) is 5.13 Å². The van der Waals surface area contributed by atoms with E-state index in [9.17, 15) is 18.0 Å². The summed E-state index contributed by atoms with van der Waals surface area (Å²) in [5.74, 6) is -1.61. The van der Waals surface area contributed by atoms with Crippen LogP contribution in [0.15, 0.2) is 12.4 Å². The summed E-state index contributed by atoms with van der Waals surface area (Å²) >= 11 is 1.20. The van der Waals surface area contributed by atoms with Crippen molar-refractivity contribution >= 4 is 17.3 Å². The Labute approximate surface area is 110 Å². The van der Waals surface area contributed by atoms with Gasteiger partial charge in [-0.05, 0) is 13.8 Å². The molecule has 0 aliphatic heterocycles. The normalized spacial score (nSPS) is 11.8. The van der Waals surface area contributed by atoms with Crippen LogP contribution in [-0.4, -0.2) is 20.6 Å². The van der Waals surface area contributed by atoms with Crippen LogP contribution in [0.25, 0.3) is 5.13 Å². The lowest BCUT2D eigenvalue weighted by Crippen LogP contribution is -2.09. The third-order valence-electron chi connectivity index (χ3n) is 2.60. The first-order valence-corrected chi connectivity index (χ1v) is 5.98. The number of aryl methyl sites for hydroxylation is 2. The van der Waals surface area contributed by atoms with Crippen LogP contribution in [0.1, 0.15) is 26.5 Å². The molecular formula is C11H9F3N2O2S. The van der Waals surface area contributed by atoms with E-state index in [1.807, 2.05) is 0 Å². The number of carboxylic acids is 1. The summed E-state index contributed by atoms with van der Waals surface area (Å²) in [6.07, 6.45) is -3.02. The third-order valence-corrected chi connectivity index (χ3v) is 3.69. The van der Waals surface area contributed by atoms with Crippen LogP contribution in [0.5, 0.6) is 0 Å². The van der Waals surface area contributed by atoms with Gasteiger partial charge in [0.25, 0.3) is 0 Å². The number of hydrogen-bond acceptors (Lipinski definition) is 3. The molecule has 0 unspecified atom stereocenters. The van der Waals surface area contributed by atoms with Gasteiger partial charge in [-0.1, -0.05) is 0 Å². The van der Waals surface area contributed by atoms with Crippen LogP contribution in [0.4, 0.5) is 13.2 Å². The van der Waals surface area contributed by atoms with E-state index < -0.39 is 23.3 Å². The molecule has 0 aromatic carbocycles. The molecule has 2 aromatic rings. The molecular weight excluding hydrogens is 281 g/mol. The number of hydrogen-bond donors (Lipinski definition) is 1. The number of aromatic carboxylic acids is 1. The number of alkyl halides is 3. The average molecular weight is 290 g/mol. The minimum Gasteiger partial charge on any atom is -0.478 e. The average Bonchev–Trinajstić information content (AvgIpc) is 2.82. The highest BCUT2D eigenvalue weighted by atomic mass is 32.1. The van der Waals surface area contributed by atoms with Gasteiger partial charge in [0.2, 0.25) is 0 Å². The molecule has 2 aromatic heterocycles. The van der Waals surface area contributed by atoms with Gasteiger partial charge in [0.15, 0.2) is 5.13 Å². The summed E-state index contributed by atoms with van der Waals surface area (Å²) in [5.41, 5.74) is -1.25. The summed E-state index contributed by atoms with van der Waals surface area (Å²) in [4.78, 5) is 15.8. The van der Waals surface area contributed by atoms with E-state index in [2.05, 4.69) is 4.98 Å². The summed E-state index contributed by atoms with van der Waals surface area (Å²) in [6.45, 7) is 3.53. The van der Waals surface area contributed by atoms with Crippen LogP contribution in [-0.2, 0) is 6.18 Å². The Bertz CT molecular complexity index is 623. The fraction of sp³-hybridized carbons (Fsp3) is 0.273. The quantitative estimate of drug-likeness (QED) is 0.923. The smallest absolute Gasteiger partial charge is 0.418 e. The molecule has 0 bridgehead atoms. The number of nitrogens with zero attached hydrogens (tertiary/aromatic N) is 2. The van der Waals surface area contributed by atoms with Crippen molar-refractivity contribution in [1.82, 2.24) is 9.55 Å². The molecule has 0 fully saturated rings. The molecule has 0 atom stereocenters. The van der Waals surface area contributed by atoms with Gasteiger partial charge >= 0.3 is 12.1 Å². The van der Waals surface area contributed by atoms with Gasteiger partial charge in [-0.2, -0.15) is 13.2 Å². The maximum Gasteiger partial charge on any atom is 0.418 e. The van der Waals surface area contributed by atoms with Crippen molar-refractivity contribution in [2.24, 2.45) is 0 Å². The standard InChI is InChI=1S/C11H9F3N2O2S/c1-5-6(2)19-10(15-5)16-3-7(9(17)18)8(4-16)11(12,13)14/h3-4H,1-2H3,(H,17,18). The summed E-state index contributed by atoms with van der Waals surface area (Å²) in [6, 6.07) is 0. The van der Waals surface area contributed by atoms with E-state index in [0.717, 1.165) is 21.8 Å². The van der Waals surface area contributed by atoms with Crippen LogP contribution in [0.2, 0.25) is 0 Å². The lowest BCUT2D eigenvalue weighted by molar-refractivity contribution is -0.138. The number of rotatable bonds is 2. The predicted octanol–water partition coefficient (Wildman–Crippen LogP) is 3.27. The highest BCUT2D eigenvalue weighted by Crippen LogP contribution is 2.34. The highest BCUT2D eigenvalue weighted by molar-refractivity contribution is 7.14. The Hall–Kier alpha value is -1.83. The minimum atomic E-state index is -4.71. The van der Waals surface area contributed by atoms with Crippen molar-refractivity contribution in [3.63, 3.8) is 0 Å². The number of carboxylic acid groups (broad SMARTS) is 1. The second-order valence-corrected chi connectivity index (χ2v) is 5.12. The Morgan fingerprint density at radius 1 is 1.37 bits per heavy atom. The van der Waals surface area contributed by atoms with E-state index in [1.54, 1.807) is 13.8 Å². The number of carbonyl (C=O) groups is 1. The summed E-state index contributed by atoms with van der Waals surface area (Å²) < 4.78 is 39.3. The second kappa shape index (κ2) is 4.37. The monoisotopic (exact) mass is 290 g/mol. The van der Waals surface area contributed by atoms with Gasteiger partial charge in [-0.25, -0.2) is 9.78 Å². The first-order chi connectivity index (χ1) is 8.70. The highest BCUT2D eigenvalue weighted by Gasteiger charge is 2.37. The molecule has 2 heterocycles. The van der Waals surface area contributed by atoms with Crippen molar-refractivity contribution in [2.75, 3.05) is 0 Å². The Morgan fingerprint density at radius 2 is 2.00 bits per heavy atom. The van der Waals surface area contributed by atoms with E-state index in [4.69, 9.17) is 5.11 Å². The van der Waals surface area contributed by atoms with Gasteiger partial charge in [0.05, 0.1) is 16.8 Å². The van der Waals surface area contributed by atoms with Crippen molar-refractivity contribution in [3.05, 3.63) is 34.1 Å². The number of halogens is 3. The molecule has 8 heteroatoms. The molecule has 1 N–H and O–H groups in total. The topological polar surface area (TPSA) is 55.1 Å². The van der Waals surface area contributed by atoms with E-state index in [1.165, 1.54) is 11.3 Å². The lowest BCUT2D eigenvalue weighted by atomic mass is 10.2. The number of aromatic nitrogens is 2.